The van der Waals surface area contributed by atoms with Gasteiger partial charge in [-0.3, -0.25) is 9.88 Å². The van der Waals surface area contributed by atoms with Gasteiger partial charge in [-0.15, -0.1) is 0 Å². The molecule has 3 heterocycles. The Morgan fingerprint density at radius 1 is 0.970 bits per heavy atom. The summed E-state index contributed by atoms with van der Waals surface area (Å²) in [7, 11) is 4.32. The van der Waals surface area contributed by atoms with Crippen LogP contribution >= 0.6 is 0 Å². The number of aryl methyl sites for hydroxylation is 2. The molecule has 0 radical (unpaired) electrons. The van der Waals surface area contributed by atoms with Crippen LogP contribution in [0.3, 0.4) is 0 Å². The van der Waals surface area contributed by atoms with Gasteiger partial charge >= 0.3 is 0 Å². The summed E-state index contributed by atoms with van der Waals surface area (Å²) in [6.45, 7) is 2.69. The van der Waals surface area contributed by atoms with Crippen molar-refractivity contribution < 1.29 is 0 Å². The van der Waals surface area contributed by atoms with E-state index in [1.165, 1.54) is 23.2 Å². The van der Waals surface area contributed by atoms with Crippen LogP contribution in [0.2, 0.25) is 0 Å². The minimum atomic E-state index is 0.346. The highest BCUT2D eigenvalue weighted by Crippen LogP contribution is 2.33. The van der Waals surface area contributed by atoms with Crippen molar-refractivity contribution in [2.24, 2.45) is 0 Å². The van der Waals surface area contributed by atoms with Crippen LogP contribution < -0.4 is 4.90 Å². The van der Waals surface area contributed by atoms with Crippen molar-refractivity contribution in [3.8, 4) is 0 Å². The monoisotopic (exact) mass is 440 g/mol. The van der Waals surface area contributed by atoms with Crippen LogP contribution in [0.15, 0.2) is 67.0 Å². The van der Waals surface area contributed by atoms with E-state index in [-0.39, 0.29) is 0 Å². The molecule has 0 saturated carbocycles. The Bertz CT molecular complexity index is 1200. The highest BCUT2D eigenvalue weighted by atomic mass is 15.2. The fourth-order valence-electron chi connectivity index (χ4n) is 5.00. The normalized spacial score (nSPS) is 15.7. The lowest BCUT2D eigenvalue weighted by atomic mass is 9.91. The summed E-state index contributed by atoms with van der Waals surface area (Å²) in [4.78, 5) is 18.9. The average Bonchev–Trinajstić information content (AvgIpc) is 3.21. The molecule has 5 rings (SSSR count). The smallest absolute Gasteiger partial charge is 0.128 e. The third-order valence-corrected chi connectivity index (χ3v) is 6.74. The third kappa shape index (κ3) is 4.62. The van der Waals surface area contributed by atoms with Gasteiger partial charge in [-0.1, -0.05) is 24.3 Å². The molecule has 0 fully saturated rings. The standard InChI is InChI=1S/C27H32N6/c1-31(25-15-5-6-16-28-25)18-9-19-33-23-13-4-3-12-22(23)30-26(33)20-32(2)24-14-7-10-21-11-8-17-29-27(21)24/h3-6,8,11-13,15-17,24H,7,9-10,14,18-20H2,1-2H3. The molecule has 170 valence electrons. The van der Waals surface area contributed by atoms with Crippen LogP contribution in [-0.4, -0.2) is 45.1 Å². The number of aromatic nitrogens is 4. The predicted octanol–water partition coefficient (Wildman–Crippen LogP) is 4.86. The van der Waals surface area contributed by atoms with Crippen LogP contribution in [0.5, 0.6) is 0 Å². The van der Waals surface area contributed by atoms with Gasteiger partial charge in [0.1, 0.15) is 11.6 Å². The van der Waals surface area contributed by atoms with Gasteiger partial charge in [0, 0.05) is 32.5 Å². The van der Waals surface area contributed by atoms with Gasteiger partial charge in [-0.05, 0) is 68.6 Å². The van der Waals surface area contributed by atoms with Crippen molar-refractivity contribution in [1.29, 1.82) is 0 Å². The topological polar surface area (TPSA) is 50.1 Å². The molecule has 0 aliphatic heterocycles. The van der Waals surface area contributed by atoms with E-state index in [4.69, 9.17) is 9.97 Å². The lowest BCUT2D eigenvalue weighted by molar-refractivity contribution is 0.201. The number of hydrogen-bond donors (Lipinski definition) is 0. The number of imidazole rings is 1. The lowest BCUT2D eigenvalue weighted by Gasteiger charge is -2.32. The van der Waals surface area contributed by atoms with Crippen LogP contribution in [0.4, 0.5) is 5.82 Å². The largest absolute Gasteiger partial charge is 0.360 e. The Hall–Kier alpha value is -3.25. The molecular formula is C27H32N6. The van der Waals surface area contributed by atoms with Crippen LogP contribution in [0.1, 0.15) is 42.4 Å². The molecule has 1 aliphatic carbocycles. The molecule has 0 spiro atoms. The number of pyridine rings is 2. The van der Waals surface area contributed by atoms with Crippen LogP contribution in [0.25, 0.3) is 11.0 Å². The number of anilines is 1. The van der Waals surface area contributed by atoms with Crippen LogP contribution in [0, 0.1) is 0 Å². The summed E-state index contributed by atoms with van der Waals surface area (Å²) in [6.07, 6.45) is 8.30. The van der Waals surface area contributed by atoms with E-state index in [1.54, 1.807) is 0 Å². The quantitative estimate of drug-likeness (QED) is 0.392. The van der Waals surface area contributed by atoms with Gasteiger partial charge in [0.2, 0.25) is 0 Å². The minimum Gasteiger partial charge on any atom is -0.360 e. The second-order valence-corrected chi connectivity index (χ2v) is 9.00. The van der Waals surface area contributed by atoms with Crippen molar-refractivity contribution in [1.82, 2.24) is 24.4 Å². The molecule has 1 aliphatic rings. The highest BCUT2D eigenvalue weighted by molar-refractivity contribution is 5.75. The number of fused-ring (bicyclic) bond motifs is 2. The van der Waals surface area contributed by atoms with Crippen molar-refractivity contribution in [3.63, 3.8) is 0 Å². The van der Waals surface area contributed by atoms with E-state index in [2.05, 4.69) is 75.9 Å². The maximum atomic E-state index is 5.03. The van der Waals surface area contributed by atoms with E-state index in [0.717, 1.165) is 56.1 Å². The van der Waals surface area contributed by atoms with Gasteiger partial charge < -0.3 is 9.47 Å². The Balaban J connectivity index is 1.34. The first kappa shape index (κ1) is 21.6. The van der Waals surface area contributed by atoms with E-state index in [0.29, 0.717) is 6.04 Å². The fraction of sp³-hybridized carbons (Fsp3) is 0.370. The maximum Gasteiger partial charge on any atom is 0.128 e. The average molecular weight is 441 g/mol. The van der Waals surface area contributed by atoms with Crippen molar-refractivity contribution >= 4 is 16.9 Å². The number of hydrogen-bond acceptors (Lipinski definition) is 5. The van der Waals surface area contributed by atoms with Crippen LogP contribution in [-0.2, 0) is 19.5 Å². The summed E-state index contributed by atoms with van der Waals surface area (Å²) in [6, 6.07) is 19.2. The van der Waals surface area contributed by atoms with Gasteiger partial charge in [-0.2, -0.15) is 0 Å². The summed E-state index contributed by atoms with van der Waals surface area (Å²) >= 11 is 0. The Morgan fingerprint density at radius 3 is 2.70 bits per heavy atom. The summed E-state index contributed by atoms with van der Waals surface area (Å²) in [5, 5.41) is 0. The molecule has 1 unspecified atom stereocenters. The first-order chi connectivity index (χ1) is 16.2. The maximum absolute atomic E-state index is 5.03. The first-order valence-electron chi connectivity index (χ1n) is 11.9. The highest BCUT2D eigenvalue weighted by Gasteiger charge is 2.26. The number of para-hydroxylation sites is 2. The summed E-state index contributed by atoms with van der Waals surface area (Å²) in [5.74, 6) is 2.14. The van der Waals surface area contributed by atoms with E-state index < -0.39 is 0 Å². The molecule has 0 bridgehead atoms. The second kappa shape index (κ2) is 9.71. The molecule has 6 nitrogen and oxygen atoms in total. The molecule has 4 aromatic rings. The zero-order valence-electron chi connectivity index (χ0n) is 19.6. The molecule has 33 heavy (non-hydrogen) atoms. The first-order valence-corrected chi connectivity index (χ1v) is 11.9. The van der Waals surface area contributed by atoms with Gasteiger partial charge in [-0.25, -0.2) is 9.97 Å². The van der Waals surface area contributed by atoms with E-state index in [1.807, 2.05) is 24.5 Å². The molecule has 0 N–H and O–H groups in total. The van der Waals surface area contributed by atoms with Crippen molar-refractivity contribution in [2.45, 2.75) is 44.8 Å². The summed E-state index contributed by atoms with van der Waals surface area (Å²) in [5.41, 5.74) is 4.92. The second-order valence-electron chi connectivity index (χ2n) is 9.00. The minimum absolute atomic E-state index is 0.346. The molecule has 6 heteroatoms. The molecule has 0 saturated heterocycles. The predicted molar refractivity (Wildman–Crippen MR) is 133 cm³/mol. The molecule has 1 atom stereocenters. The number of rotatable bonds is 8. The zero-order chi connectivity index (χ0) is 22.6. The number of benzene rings is 1. The van der Waals surface area contributed by atoms with Crippen molar-refractivity contribution in [3.05, 3.63) is 84.1 Å². The Labute approximate surface area is 195 Å². The van der Waals surface area contributed by atoms with Gasteiger partial charge in [0.25, 0.3) is 0 Å². The van der Waals surface area contributed by atoms with E-state index in [9.17, 15) is 0 Å². The van der Waals surface area contributed by atoms with Gasteiger partial charge in [0.05, 0.1) is 29.3 Å². The molecule has 1 aromatic carbocycles. The lowest BCUT2D eigenvalue weighted by Crippen LogP contribution is -2.29. The molecule has 0 amide bonds. The third-order valence-electron chi connectivity index (χ3n) is 6.74. The molecule has 3 aromatic heterocycles. The summed E-state index contributed by atoms with van der Waals surface area (Å²) < 4.78 is 2.40. The molecular weight excluding hydrogens is 408 g/mol. The number of nitrogens with zero attached hydrogens (tertiary/aromatic N) is 6. The van der Waals surface area contributed by atoms with E-state index >= 15 is 0 Å². The SMILES string of the molecule is CN(CCCn1c(CN(C)C2CCCc3cccnc32)nc2ccccc21)c1ccccn1. The van der Waals surface area contributed by atoms with Crippen molar-refractivity contribution in [2.75, 3.05) is 25.5 Å². The Kier molecular flexibility index (Phi) is 6.35. The zero-order valence-corrected chi connectivity index (χ0v) is 19.6. The Morgan fingerprint density at radius 2 is 1.82 bits per heavy atom. The van der Waals surface area contributed by atoms with Gasteiger partial charge in [0.15, 0.2) is 0 Å². The fourth-order valence-corrected chi connectivity index (χ4v) is 5.00.